The topological polar surface area (TPSA) is 45.0 Å². The molecule has 1 unspecified atom stereocenters. The molecule has 0 amide bonds. The van der Waals surface area contributed by atoms with Crippen LogP contribution in [0.25, 0.3) is 0 Å². The van der Waals surface area contributed by atoms with Gasteiger partial charge in [0.1, 0.15) is 5.54 Å². The van der Waals surface area contributed by atoms with E-state index in [0.29, 0.717) is 13.2 Å². The predicted molar refractivity (Wildman–Crippen MR) is 42.7 cm³/mol. The first kappa shape index (κ1) is 9.97. The third-order valence-electron chi connectivity index (χ3n) is 1.26. The van der Waals surface area contributed by atoms with Gasteiger partial charge in [-0.3, -0.25) is 5.32 Å². The van der Waals surface area contributed by atoms with Crippen LogP contribution in [0.1, 0.15) is 6.92 Å². The van der Waals surface area contributed by atoms with Crippen molar-refractivity contribution in [1.29, 1.82) is 5.26 Å². The van der Waals surface area contributed by atoms with E-state index in [-0.39, 0.29) is 0 Å². The van der Waals surface area contributed by atoms with Crippen LogP contribution < -0.4 is 5.32 Å². The van der Waals surface area contributed by atoms with Crippen LogP contribution in [0.15, 0.2) is 0 Å². The Labute approximate surface area is 67.3 Å². The standard InChI is InChI=1S/C8H12N2O/c1-4-5-10-8(2,6-9)7-11-3/h1,10H,5,7H2,2-3H3. The molecule has 0 aromatic rings. The molecule has 0 aliphatic heterocycles. The molecular weight excluding hydrogens is 140 g/mol. The van der Waals surface area contributed by atoms with Crippen molar-refractivity contribution >= 4 is 0 Å². The average Bonchev–Trinajstić information content (AvgIpc) is 2.02. The first-order valence-electron chi connectivity index (χ1n) is 3.27. The van der Waals surface area contributed by atoms with E-state index in [1.54, 1.807) is 14.0 Å². The van der Waals surface area contributed by atoms with Gasteiger partial charge in [0.05, 0.1) is 19.2 Å². The molecular formula is C8H12N2O. The summed E-state index contributed by atoms with van der Waals surface area (Å²) in [5.74, 6) is 2.40. The number of nitrogens with one attached hydrogen (secondary N) is 1. The van der Waals surface area contributed by atoms with Gasteiger partial charge in [-0.05, 0) is 6.92 Å². The Morgan fingerprint density at radius 2 is 2.36 bits per heavy atom. The second kappa shape index (κ2) is 4.73. The van der Waals surface area contributed by atoms with Gasteiger partial charge in [-0.1, -0.05) is 5.92 Å². The van der Waals surface area contributed by atoms with Gasteiger partial charge in [-0.25, -0.2) is 0 Å². The lowest BCUT2D eigenvalue weighted by molar-refractivity contribution is 0.148. The predicted octanol–water partition coefficient (Wildman–Crippen LogP) is 0.138. The largest absolute Gasteiger partial charge is 0.382 e. The summed E-state index contributed by atoms with van der Waals surface area (Å²) in [5.41, 5.74) is -0.666. The van der Waals surface area contributed by atoms with Gasteiger partial charge >= 0.3 is 0 Å². The maximum Gasteiger partial charge on any atom is 0.128 e. The molecule has 0 aliphatic carbocycles. The molecule has 11 heavy (non-hydrogen) atoms. The molecule has 1 N–H and O–H groups in total. The van der Waals surface area contributed by atoms with Crippen LogP contribution in [-0.2, 0) is 4.74 Å². The molecule has 3 heteroatoms. The molecule has 3 nitrogen and oxygen atoms in total. The highest BCUT2D eigenvalue weighted by molar-refractivity contribution is 5.06. The highest BCUT2D eigenvalue weighted by Crippen LogP contribution is 2.00. The summed E-state index contributed by atoms with van der Waals surface area (Å²) in [4.78, 5) is 0. The Kier molecular flexibility index (Phi) is 4.29. The summed E-state index contributed by atoms with van der Waals surface area (Å²) in [6, 6.07) is 2.08. The zero-order chi connectivity index (χ0) is 8.74. The van der Waals surface area contributed by atoms with Crippen LogP contribution in [0.4, 0.5) is 0 Å². The van der Waals surface area contributed by atoms with Gasteiger partial charge in [0.2, 0.25) is 0 Å². The molecule has 0 saturated heterocycles. The molecule has 0 saturated carbocycles. The number of hydrogen-bond donors (Lipinski definition) is 1. The fraction of sp³-hybridized carbons (Fsp3) is 0.625. The minimum atomic E-state index is -0.666. The van der Waals surface area contributed by atoms with Gasteiger partial charge in [-0.2, -0.15) is 5.26 Å². The minimum absolute atomic E-state index is 0.338. The summed E-state index contributed by atoms with van der Waals surface area (Å²) >= 11 is 0. The van der Waals surface area contributed by atoms with E-state index in [0.717, 1.165) is 0 Å². The SMILES string of the molecule is C#CCNC(C)(C#N)COC. The number of nitriles is 1. The molecule has 0 fully saturated rings. The van der Waals surface area contributed by atoms with E-state index in [4.69, 9.17) is 16.4 Å². The quantitative estimate of drug-likeness (QED) is 0.583. The first-order chi connectivity index (χ1) is 5.18. The second-order valence-corrected chi connectivity index (χ2v) is 2.43. The number of terminal acetylenes is 1. The Hall–Kier alpha value is -1.03. The Bertz CT molecular complexity index is 189. The van der Waals surface area contributed by atoms with Crippen LogP contribution in [0.3, 0.4) is 0 Å². The van der Waals surface area contributed by atoms with Crippen molar-refractivity contribution in [2.24, 2.45) is 0 Å². The van der Waals surface area contributed by atoms with Crippen LogP contribution in [0, 0.1) is 23.7 Å². The minimum Gasteiger partial charge on any atom is -0.382 e. The van der Waals surface area contributed by atoms with E-state index in [9.17, 15) is 0 Å². The van der Waals surface area contributed by atoms with Gasteiger partial charge in [0, 0.05) is 7.11 Å². The first-order valence-corrected chi connectivity index (χ1v) is 3.27. The lowest BCUT2D eigenvalue weighted by Gasteiger charge is -2.20. The zero-order valence-electron chi connectivity index (χ0n) is 6.85. The highest BCUT2D eigenvalue weighted by atomic mass is 16.5. The number of rotatable bonds is 4. The summed E-state index contributed by atoms with van der Waals surface area (Å²) in [7, 11) is 1.55. The van der Waals surface area contributed by atoms with E-state index in [2.05, 4.69) is 17.3 Å². The van der Waals surface area contributed by atoms with E-state index >= 15 is 0 Å². The van der Waals surface area contributed by atoms with Crippen molar-refractivity contribution in [2.45, 2.75) is 12.5 Å². The maximum atomic E-state index is 8.68. The van der Waals surface area contributed by atoms with E-state index in [1.165, 1.54) is 0 Å². The van der Waals surface area contributed by atoms with Gasteiger partial charge in [-0.15, -0.1) is 6.42 Å². The molecule has 0 spiro atoms. The van der Waals surface area contributed by atoms with Crippen LogP contribution >= 0.6 is 0 Å². The van der Waals surface area contributed by atoms with Gasteiger partial charge in [0.15, 0.2) is 0 Å². The van der Waals surface area contributed by atoms with Crippen LogP contribution in [-0.4, -0.2) is 25.8 Å². The van der Waals surface area contributed by atoms with Crippen molar-refractivity contribution in [3.8, 4) is 18.4 Å². The Morgan fingerprint density at radius 3 is 2.73 bits per heavy atom. The summed E-state index contributed by atoms with van der Waals surface area (Å²) < 4.78 is 4.84. The van der Waals surface area contributed by atoms with E-state index in [1.807, 2.05) is 0 Å². The summed E-state index contributed by atoms with van der Waals surface area (Å²) in [6.45, 7) is 2.46. The van der Waals surface area contributed by atoms with Crippen molar-refractivity contribution in [3.63, 3.8) is 0 Å². The Morgan fingerprint density at radius 1 is 1.73 bits per heavy atom. The lowest BCUT2D eigenvalue weighted by atomic mass is 10.1. The zero-order valence-corrected chi connectivity index (χ0v) is 6.85. The fourth-order valence-corrected chi connectivity index (χ4v) is 0.658. The third-order valence-corrected chi connectivity index (χ3v) is 1.26. The molecule has 60 valence electrons. The second-order valence-electron chi connectivity index (χ2n) is 2.43. The third kappa shape index (κ3) is 3.62. The van der Waals surface area contributed by atoms with Crippen LogP contribution in [0.2, 0.25) is 0 Å². The molecule has 0 bridgehead atoms. The average molecular weight is 152 g/mol. The van der Waals surface area contributed by atoms with Gasteiger partial charge < -0.3 is 4.74 Å². The molecule has 1 atom stereocenters. The molecule has 0 aromatic carbocycles. The monoisotopic (exact) mass is 152 g/mol. The number of hydrogen-bond acceptors (Lipinski definition) is 3. The van der Waals surface area contributed by atoms with Crippen molar-refractivity contribution in [2.75, 3.05) is 20.3 Å². The van der Waals surface area contributed by atoms with Crippen molar-refractivity contribution in [3.05, 3.63) is 0 Å². The summed E-state index contributed by atoms with van der Waals surface area (Å²) in [6.07, 6.45) is 5.02. The molecule has 0 rings (SSSR count). The number of methoxy groups -OCH3 is 1. The van der Waals surface area contributed by atoms with Crippen molar-refractivity contribution in [1.82, 2.24) is 5.32 Å². The number of nitrogens with zero attached hydrogens (tertiary/aromatic N) is 1. The molecule has 0 radical (unpaired) electrons. The lowest BCUT2D eigenvalue weighted by Crippen LogP contribution is -2.45. The Balaban J connectivity index is 3.93. The normalized spacial score (nSPS) is 14.5. The maximum absolute atomic E-state index is 8.68. The van der Waals surface area contributed by atoms with E-state index < -0.39 is 5.54 Å². The molecule has 0 aliphatic rings. The van der Waals surface area contributed by atoms with Crippen LogP contribution in [0.5, 0.6) is 0 Å². The van der Waals surface area contributed by atoms with Crippen molar-refractivity contribution < 1.29 is 4.74 Å². The molecule has 0 heterocycles. The number of ether oxygens (including phenoxy) is 1. The van der Waals surface area contributed by atoms with Gasteiger partial charge in [0.25, 0.3) is 0 Å². The fourth-order valence-electron chi connectivity index (χ4n) is 0.658. The summed E-state index contributed by atoms with van der Waals surface area (Å²) in [5, 5.41) is 11.6. The molecule has 0 aromatic heterocycles. The highest BCUT2D eigenvalue weighted by Gasteiger charge is 2.21. The smallest absolute Gasteiger partial charge is 0.128 e.